The summed E-state index contributed by atoms with van der Waals surface area (Å²) >= 11 is 0. The SMILES string of the molecule is CC/C=C\C/C=C\C/C=C\C/C=C\C/C=C\C/C=C\C/C=C\CCCCCCCC(=O)OCC(COC(=O)CCCCCCCC)OC(=O)CCCCCCC/C=C\CCCCCCCC. The second-order valence-corrected chi connectivity index (χ2v) is 17.8. The molecule has 0 aromatic rings. The van der Waals surface area contributed by atoms with Crippen molar-refractivity contribution in [3.05, 3.63) is 97.2 Å². The average molecular weight is 917 g/mol. The van der Waals surface area contributed by atoms with Gasteiger partial charge in [-0.1, -0.05) is 221 Å². The first-order valence-electron chi connectivity index (χ1n) is 27.2. The number of allylic oxidation sites excluding steroid dienone is 16. The average Bonchev–Trinajstić information content (AvgIpc) is 3.31. The van der Waals surface area contributed by atoms with Crippen LogP contribution in [0.15, 0.2) is 97.2 Å². The van der Waals surface area contributed by atoms with Gasteiger partial charge >= 0.3 is 17.9 Å². The Morgan fingerprint density at radius 3 is 0.939 bits per heavy atom. The number of esters is 3. The van der Waals surface area contributed by atoms with Crippen molar-refractivity contribution in [3.8, 4) is 0 Å². The van der Waals surface area contributed by atoms with Crippen LogP contribution < -0.4 is 0 Å². The Bertz CT molecular complexity index is 1330. The van der Waals surface area contributed by atoms with Gasteiger partial charge in [-0.25, -0.2) is 0 Å². The molecular formula is C60H100O6. The molecule has 0 saturated heterocycles. The van der Waals surface area contributed by atoms with E-state index in [1.54, 1.807) is 0 Å². The maximum absolute atomic E-state index is 12.8. The van der Waals surface area contributed by atoms with Crippen LogP contribution in [0.4, 0.5) is 0 Å². The van der Waals surface area contributed by atoms with E-state index in [2.05, 4.69) is 118 Å². The summed E-state index contributed by atoms with van der Waals surface area (Å²) in [7, 11) is 0. The molecule has 0 aliphatic heterocycles. The van der Waals surface area contributed by atoms with Crippen LogP contribution in [-0.2, 0) is 28.6 Å². The Balaban J connectivity index is 4.22. The quantitative estimate of drug-likeness (QED) is 0.0262. The number of rotatable bonds is 48. The molecular weight excluding hydrogens is 817 g/mol. The van der Waals surface area contributed by atoms with E-state index in [0.29, 0.717) is 19.3 Å². The summed E-state index contributed by atoms with van der Waals surface area (Å²) in [5, 5.41) is 0. The van der Waals surface area contributed by atoms with Gasteiger partial charge in [-0.05, 0) is 103 Å². The zero-order valence-corrected chi connectivity index (χ0v) is 42.9. The molecule has 0 N–H and O–H groups in total. The molecule has 66 heavy (non-hydrogen) atoms. The van der Waals surface area contributed by atoms with E-state index < -0.39 is 6.10 Å². The fraction of sp³-hybridized carbons (Fsp3) is 0.683. The van der Waals surface area contributed by atoms with Crippen molar-refractivity contribution in [3.63, 3.8) is 0 Å². The lowest BCUT2D eigenvalue weighted by Crippen LogP contribution is -2.30. The van der Waals surface area contributed by atoms with Gasteiger partial charge in [-0.3, -0.25) is 14.4 Å². The minimum atomic E-state index is -0.787. The van der Waals surface area contributed by atoms with E-state index in [9.17, 15) is 14.4 Å². The van der Waals surface area contributed by atoms with E-state index in [-0.39, 0.29) is 31.1 Å². The molecule has 0 aromatic heterocycles. The predicted molar refractivity (Wildman–Crippen MR) is 284 cm³/mol. The van der Waals surface area contributed by atoms with Crippen molar-refractivity contribution in [1.29, 1.82) is 0 Å². The molecule has 1 unspecified atom stereocenters. The minimum Gasteiger partial charge on any atom is -0.462 e. The van der Waals surface area contributed by atoms with Crippen molar-refractivity contribution in [2.75, 3.05) is 13.2 Å². The van der Waals surface area contributed by atoms with Gasteiger partial charge in [0.2, 0.25) is 0 Å². The molecule has 0 radical (unpaired) electrons. The first-order chi connectivity index (χ1) is 32.5. The number of hydrogen-bond donors (Lipinski definition) is 0. The lowest BCUT2D eigenvalue weighted by Gasteiger charge is -2.18. The zero-order chi connectivity index (χ0) is 47.9. The third kappa shape index (κ3) is 51.3. The lowest BCUT2D eigenvalue weighted by atomic mass is 10.1. The van der Waals surface area contributed by atoms with Crippen LogP contribution >= 0.6 is 0 Å². The third-order valence-corrected chi connectivity index (χ3v) is 11.3. The van der Waals surface area contributed by atoms with Crippen LogP contribution in [0.2, 0.25) is 0 Å². The Hall–Kier alpha value is -3.67. The topological polar surface area (TPSA) is 78.9 Å². The number of carbonyl (C=O) groups is 3. The molecule has 376 valence electrons. The molecule has 0 fully saturated rings. The highest BCUT2D eigenvalue weighted by Crippen LogP contribution is 2.13. The number of carbonyl (C=O) groups excluding carboxylic acids is 3. The summed E-state index contributed by atoms with van der Waals surface area (Å²) < 4.78 is 16.7. The molecule has 0 heterocycles. The summed E-state index contributed by atoms with van der Waals surface area (Å²) in [4.78, 5) is 37.8. The Kier molecular flexibility index (Phi) is 50.9. The summed E-state index contributed by atoms with van der Waals surface area (Å²) in [5.74, 6) is -0.927. The highest BCUT2D eigenvalue weighted by atomic mass is 16.6. The smallest absolute Gasteiger partial charge is 0.306 e. The van der Waals surface area contributed by atoms with E-state index in [4.69, 9.17) is 14.2 Å². The number of hydrogen-bond acceptors (Lipinski definition) is 6. The highest BCUT2D eigenvalue weighted by molar-refractivity contribution is 5.71. The summed E-state index contributed by atoms with van der Waals surface area (Å²) in [6, 6.07) is 0. The predicted octanol–water partition coefficient (Wildman–Crippen LogP) is 18.1. The van der Waals surface area contributed by atoms with Gasteiger partial charge in [0.05, 0.1) is 0 Å². The van der Waals surface area contributed by atoms with E-state index in [1.807, 2.05) is 0 Å². The summed E-state index contributed by atoms with van der Waals surface area (Å²) in [6.07, 6.45) is 71.4. The lowest BCUT2D eigenvalue weighted by molar-refractivity contribution is -0.167. The summed E-state index contributed by atoms with van der Waals surface area (Å²) in [6.45, 7) is 6.43. The molecule has 0 rings (SSSR count). The first-order valence-corrected chi connectivity index (χ1v) is 27.2. The Morgan fingerprint density at radius 2 is 0.591 bits per heavy atom. The van der Waals surface area contributed by atoms with Crippen molar-refractivity contribution in [2.24, 2.45) is 0 Å². The molecule has 0 bridgehead atoms. The van der Waals surface area contributed by atoms with Crippen LogP contribution in [0.3, 0.4) is 0 Å². The zero-order valence-electron chi connectivity index (χ0n) is 42.9. The first kappa shape index (κ1) is 62.3. The molecule has 0 spiro atoms. The second-order valence-electron chi connectivity index (χ2n) is 17.8. The minimum absolute atomic E-state index is 0.0874. The molecule has 0 aromatic carbocycles. The number of ether oxygens (including phenoxy) is 3. The van der Waals surface area contributed by atoms with Gasteiger partial charge in [0.1, 0.15) is 13.2 Å². The van der Waals surface area contributed by atoms with Gasteiger partial charge in [0.15, 0.2) is 6.10 Å². The maximum atomic E-state index is 12.8. The molecule has 0 aliphatic rings. The van der Waals surface area contributed by atoms with Gasteiger partial charge in [0.25, 0.3) is 0 Å². The van der Waals surface area contributed by atoms with Crippen molar-refractivity contribution < 1.29 is 28.6 Å². The van der Waals surface area contributed by atoms with Crippen LogP contribution in [0.1, 0.15) is 245 Å². The highest BCUT2D eigenvalue weighted by Gasteiger charge is 2.19. The standard InChI is InChI=1S/C60H100O6/c1-4-7-10-13-16-18-20-22-24-25-26-27-28-29-30-31-32-33-34-35-37-38-40-42-44-47-50-53-59(62)65-56-57(55-64-58(61)52-49-46-15-12-9-6-3)66-60(63)54-51-48-45-43-41-39-36-23-21-19-17-14-11-8-5-2/h7,10,16,18,22-24,26-27,29-30,32-33,35-37,57H,4-6,8-9,11-15,17,19-21,25,28,31,34,38-56H2,1-3H3/b10-7-,18-16-,24-22-,27-26-,30-29-,33-32-,36-23-,37-35-. The molecule has 6 heteroatoms. The second kappa shape index (κ2) is 53.9. The molecule has 0 amide bonds. The van der Waals surface area contributed by atoms with Crippen molar-refractivity contribution >= 4 is 17.9 Å². The van der Waals surface area contributed by atoms with Crippen molar-refractivity contribution in [1.82, 2.24) is 0 Å². The van der Waals surface area contributed by atoms with Crippen LogP contribution in [0.5, 0.6) is 0 Å². The molecule has 6 nitrogen and oxygen atoms in total. The third-order valence-electron chi connectivity index (χ3n) is 11.3. The molecule has 0 saturated carbocycles. The van der Waals surface area contributed by atoms with Crippen molar-refractivity contribution in [2.45, 2.75) is 252 Å². The van der Waals surface area contributed by atoms with Crippen LogP contribution in [0.25, 0.3) is 0 Å². The van der Waals surface area contributed by atoms with Gasteiger partial charge in [-0.15, -0.1) is 0 Å². The molecule has 1 atom stereocenters. The normalized spacial score (nSPS) is 12.8. The fourth-order valence-electron chi connectivity index (χ4n) is 7.24. The van der Waals surface area contributed by atoms with Crippen LogP contribution in [0, 0.1) is 0 Å². The van der Waals surface area contributed by atoms with Gasteiger partial charge in [-0.2, -0.15) is 0 Å². The largest absolute Gasteiger partial charge is 0.462 e. The summed E-state index contributed by atoms with van der Waals surface area (Å²) in [5.41, 5.74) is 0. The maximum Gasteiger partial charge on any atom is 0.306 e. The van der Waals surface area contributed by atoms with Gasteiger partial charge < -0.3 is 14.2 Å². The van der Waals surface area contributed by atoms with E-state index in [0.717, 1.165) is 135 Å². The number of unbranched alkanes of at least 4 members (excludes halogenated alkanes) is 21. The fourth-order valence-corrected chi connectivity index (χ4v) is 7.24. The molecule has 0 aliphatic carbocycles. The van der Waals surface area contributed by atoms with Gasteiger partial charge in [0, 0.05) is 19.3 Å². The Morgan fingerprint density at radius 1 is 0.318 bits per heavy atom. The van der Waals surface area contributed by atoms with E-state index in [1.165, 1.54) is 70.6 Å². The Labute approximate surface area is 407 Å². The monoisotopic (exact) mass is 917 g/mol. The van der Waals surface area contributed by atoms with E-state index >= 15 is 0 Å². The van der Waals surface area contributed by atoms with Crippen LogP contribution in [-0.4, -0.2) is 37.2 Å².